The maximum absolute atomic E-state index is 13.4. The average molecular weight is 828 g/mol. The number of nitrogens with one attached hydrogen (secondary N) is 1. The fraction of sp³-hybridized carbons (Fsp3) is 0.200. The van der Waals surface area contributed by atoms with E-state index in [1.54, 1.807) is 55.8 Å². The Morgan fingerprint density at radius 1 is 0.745 bits per heavy atom. The summed E-state index contributed by atoms with van der Waals surface area (Å²) in [4.78, 5) is 33.9. The summed E-state index contributed by atoms with van der Waals surface area (Å²) in [5.74, 6) is -2.10. The summed E-state index contributed by atoms with van der Waals surface area (Å²) in [5, 5.41) is 12.7. The minimum atomic E-state index is -1.04. The normalized spacial score (nSPS) is 11.7. The zero-order valence-electron chi connectivity index (χ0n) is 30.2. The van der Waals surface area contributed by atoms with Crippen LogP contribution in [0.4, 0.5) is 8.78 Å². The van der Waals surface area contributed by atoms with Gasteiger partial charge in [-0.3, -0.25) is 14.8 Å². The minimum absolute atomic E-state index is 0.132. The summed E-state index contributed by atoms with van der Waals surface area (Å²) >= 11 is 15.2. The van der Waals surface area contributed by atoms with Gasteiger partial charge in [-0.2, -0.15) is 0 Å². The zero-order valence-corrected chi connectivity index (χ0v) is 33.3. The number of nitrogens with zero attached hydrogens (tertiary/aromatic N) is 2. The molecule has 0 radical (unpaired) electrons. The van der Waals surface area contributed by atoms with Gasteiger partial charge in [-0.15, -0.1) is 22.7 Å². The number of hydrogen-bond donors (Lipinski definition) is 3. The third-order valence-corrected chi connectivity index (χ3v) is 9.79. The summed E-state index contributed by atoms with van der Waals surface area (Å²) in [6.07, 6.45) is 3.41. The molecule has 0 saturated carbocycles. The fourth-order valence-electron chi connectivity index (χ4n) is 5.13. The SMILES string of the molecule is COCC(C)N.COCC(C)NC(=O)c1cc(-c2cncs2)cc(-c2ccc(F)cc2Cl)c1.O=C(O)c1cc(-c2cncs2)cc(-c2ccc(F)cc2Cl)c1. The van der Waals surface area contributed by atoms with Gasteiger partial charge in [0, 0.05) is 55.4 Å². The predicted octanol–water partition coefficient (Wildman–Crippen LogP) is 9.98. The van der Waals surface area contributed by atoms with Gasteiger partial charge in [-0.25, -0.2) is 13.6 Å². The molecule has 0 saturated heterocycles. The number of carboxylic acids is 1. The first kappa shape index (κ1) is 43.1. The summed E-state index contributed by atoms with van der Waals surface area (Å²) in [5.41, 5.74) is 13.5. The Bertz CT molecular complexity index is 2190. The second kappa shape index (κ2) is 20.9. The van der Waals surface area contributed by atoms with E-state index in [0.717, 1.165) is 26.4 Å². The maximum Gasteiger partial charge on any atom is 0.335 e. The average Bonchev–Trinajstić information content (AvgIpc) is 3.88. The van der Waals surface area contributed by atoms with Crippen LogP contribution in [0.5, 0.6) is 0 Å². The molecule has 1 amide bonds. The monoisotopic (exact) mass is 826 g/mol. The number of aromatic carboxylic acids is 1. The molecule has 288 valence electrons. The number of carbonyl (C=O) groups excluding carboxylic acids is 1. The van der Waals surface area contributed by atoms with Gasteiger partial charge in [0.1, 0.15) is 11.6 Å². The van der Waals surface area contributed by atoms with E-state index in [-0.39, 0.29) is 33.6 Å². The number of hydrogen-bond acceptors (Lipinski definition) is 9. The number of thiazole rings is 2. The van der Waals surface area contributed by atoms with E-state index in [2.05, 4.69) is 20.0 Å². The van der Waals surface area contributed by atoms with Gasteiger partial charge in [0.25, 0.3) is 5.91 Å². The van der Waals surface area contributed by atoms with Crippen LogP contribution in [-0.2, 0) is 9.47 Å². The van der Waals surface area contributed by atoms with Crippen molar-refractivity contribution in [1.82, 2.24) is 15.3 Å². The smallest absolute Gasteiger partial charge is 0.335 e. The highest BCUT2D eigenvalue weighted by atomic mass is 35.5. The van der Waals surface area contributed by atoms with E-state index in [4.69, 9.17) is 33.7 Å². The largest absolute Gasteiger partial charge is 0.478 e. The van der Waals surface area contributed by atoms with Gasteiger partial charge in [-0.05, 0) is 109 Å². The number of nitrogens with two attached hydrogens (primary N) is 1. The fourth-order valence-corrected chi connectivity index (χ4v) is 6.91. The molecule has 15 heteroatoms. The van der Waals surface area contributed by atoms with Crippen molar-refractivity contribution in [2.75, 3.05) is 27.4 Å². The highest BCUT2D eigenvalue weighted by molar-refractivity contribution is 7.13. The Morgan fingerprint density at radius 3 is 1.58 bits per heavy atom. The molecule has 4 N–H and O–H groups in total. The van der Waals surface area contributed by atoms with Crippen LogP contribution < -0.4 is 11.1 Å². The minimum Gasteiger partial charge on any atom is -0.478 e. The first-order valence-electron chi connectivity index (χ1n) is 16.6. The summed E-state index contributed by atoms with van der Waals surface area (Å²) in [6.45, 7) is 4.84. The van der Waals surface area contributed by atoms with Gasteiger partial charge in [0.2, 0.25) is 0 Å². The van der Waals surface area contributed by atoms with E-state index in [1.165, 1.54) is 59.1 Å². The van der Waals surface area contributed by atoms with Crippen LogP contribution in [0.25, 0.3) is 43.1 Å². The third-order valence-electron chi connectivity index (χ3n) is 7.52. The molecule has 0 spiro atoms. The Labute approximate surface area is 335 Å². The standard InChI is InChI=1S/C20H18ClFN2O2S.C16H9ClFNO2S.C4H11NO/c1-12(10-26-2)24-20(25)15-6-13(17-4-3-16(22)8-18(17)21)5-14(7-15)19-9-23-11-27-19;17-14-6-12(18)1-2-13(14)9-3-10(15-7-19-8-22-15)5-11(4-9)16(20)21;1-4(5)3-6-2/h3-9,11-12H,10H2,1-2H3,(H,24,25);1-8H,(H,20,21);4H,3,5H2,1-2H3. The van der Waals surface area contributed by atoms with E-state index in [0.29, 0.717) is 35.5 Å². The molecule has 0 aliphatic carbocycles. The number of aromatic nitrogens is 2. The van der Waals surface area contributed by atoms with E-state index in [9.17, 15) is 23.5 Å². The molecule has 0 fully saturated rings. The van der Waals surface area contributed by atoms with Gasteiger partial charge in [0.05, 0.1) is 49.6 Å². The highest BCUT2D eigenvalue weighted by Crippen LogP contribution is 2.35. The molecule has 6 aromatic rings. The topological polar surface area (TPSA) is 137 Å². The molecule has 6 rings (SSSR count). The molecule has 2 atom stereocenters. The lowest BCUT2D eigenvalue weighted by Crippen LogP contribution is -2.35. The first-order valence-corrected chi connectivity index (χ1v) is 19.1. The number of rotatable bonds is 11. The molecule has 0 aliphatic heterocycles. The zero-order chi connectivity index (χ0) is 40.1. The van der Waals surface area contributed by atoms with E-state index in [1.807, 2.05) is 32.0 Å². The van der Waals surface area contributed by atoms with Crippen LogP contribution >= 0.6 is 45.9 Å². The van der Waals surface area contributed by atoms with Crippen molar-refractivity contribution in [3.8, 4) is 43.1 Å². The Balaban J connectivity index is 0.000000216. The van der Waals surface area contributed by atoms with Crippen molar-refractivity contribution >= 4 is 57.8 Å². The molecule has 4 aromatic carbocycles. The van der Waals surface area contributed by atoms with E-state index < -0.39 is 17.6 Å². The molecule has 0 bridgehead atoms. The van der Waals surface area contributed by atoms with Gasteiger partial charge in [0.15, 0.2) is 0 Å². The molecular formula is C40H38Cl2F2N4O5S2. The number of halogens is 4. The lowest BCUT2D eigenvalue weighted by Gasteiger charge is -2.15. The Morgan fingerprint density at radius 2 is 1.20 bits per heavy atom. The number of ether oxygens (including phenoxy) is 2. The Kier molecular flexibility index (Phi) is 16.4. The third kappa shape index (κ3) is 12.7. The molecule has 2 aromatic heterocycles. The van der Waals surface area contributed by atoms with E-state index >= 15 is 0 Å². The van der Waals surface area contributed by atoms with Crippen LogP contribution in [-0.4, -0.2) is 66.5 Å². The maximum atomic E-state index is 13.4. The molecule has 2 heterocycles. The summed E-state index contributed by atoms with van der Waals surface area (Å²) in [7, 11) is 3.23. The van der Waals surface area contributed by atoms with Crippen molar-refractivity contribution < 1.29 is 33.0 Å². The highest BCUT2D eigenvalue weighted by Gasteiger charge is 2.16. The van der Waals surface area contributed by atoms with Gasteiger partial charge in [-0.1, -0.05) is 23.2 Å². The number of carbonyl (C=O) groups is 2. The lowest BCUT2D eigenvalue weighted by atomic mass is 9.98. The quantitative estimate of drug-likeness (QED) is 0.117. The van der Waals surface area contributed by atoms with Crippen LogP contribution in [0.15, 0.2) is 96.2 Å². The van der Waals surface area contributed by atoms with Crippen molar-refractivity contribution in [2.45, 2.75) is 25.9 Å². The summed E-state index contributed by atoms with van der Waals surface area (Å²) in [6, 6.07) is 18.7. The van der Waals surface area contributed by atoms with Crippen LogP contribution in [0.3, 0.4) is 0 Å². The molecule has 9 nitrogen and oxygen atoms in total. The predicted molar refractivity (Wildman–Crippen MR) is 217 cm³/mol. The van der Waals surface area contributed by atoms with Crippen LogP contribution in [0.2, 0.25) is 10.0 Å². The second-order valence-corrected chi connectivity index (χ2v) is 14.7. The van der Waals surface area contributed by atoms with Crippen molar-refractivity contribution in [1.29, 1.82) is 0 Å². The molecule has 55 heavy (non-hydrogen) atoms. The first-order chi connectivity index (χ1) is 26.3. The lowest BCUT2D eigenvalue weighted by molar-refractivity contribution is 0.0696. The van der Waals surface area contributed by atoms with Crippen molar-refractivity contribution in [3.63, 3.8) is 0 Å². The van der Waals surface area contributed by atoms with Crippen LogP contribution in [0.1, 0.15) is 34.6 Å². The number of carboxylic acid groups (broad SMARTS) is 1. The number of benzene rings is 4. The van der Waals surface area contributed by atoms with Crippen molar-refractivity contribution in [3.05, 3.63) is 129 Å². The van der Waals surface area contributed by atoms with Gasteiger partial charge < -0.3 is 25.6 Å². The molecule has 2 unspecified atom stereocenters. The van der Waals surface area contributed by atoms with Crippen molar-refractivity contribution in [2.24, 2.45) is 5.73 Å². The molecule has 0 aliphatic rings. The summed E-state index contributed by atoms with van der Waals surface area (Å²) < 4.78 is 36.4. The van der Waals surface area contributed by atoms with Crippen LogP contribution in [0, 0.1) is 11.6 Å². The number of methoxy groups -OCH3 is 2. The van der Waals surface area contributed by atoms with Gasteiger partial charge >= 0.3 is 5.97 Å². The molecular weight excluding hydrogens is 789 g/mol. The Hall–Kier alpha value is -4.60. The second-order valence-electron chi connectivity index (χ2n) is 12.1. The number of amides is 1.